The number of aromatic nitrogens is 1. The Bertz CT molecular complexity index is 580. The van der Waals surface area contributed by atoms with Crippen LogP contribution in [0.3, 0.4) is 0 Å². The number of hydrogen-bond acceptors (Lipinski definition) is 5. The molecule has 1 aromatic heterocycles. The normalized spacial score (nSPS) is 17.5. The third-order valence-electron chi connectivity index (χ3n) is 4.57. The molecule has 1 aliphatic rings. The van der Waals surface area contributed by atoms with Gasteiger partial charge in [-0.2, -0.15) is 0 Å². The Morgan fingerprint density at radius 2 is 2.21 bits per heavy atom. The molecule has 1 aromatic rings. The van der Waals surface area contributed by atoms with Gasteiger partial charge in [-0.15, -0.1) is 0 Å². The van der Waals surface area contributed by atoms with Crippen LogP contribution in [0.5, 0.6) is 5.88 Å². The number of rotatable bonds is 8. The maximum atomic E-state index is 12.3. The average molecular weight is 336 g/mol. The highest BCUT2D eigenvalue weighted by molar-refractivity contribution is 5.94. The van der Waals surface area contributed by atoms with Crippen LogP contribution in [-0.2, 0) is 9.53 Å². The standard InChI is InChI=1S/C17H24N2O5/c1-3-17(4-2,16(21)22)11-19-15(20)12-5-7-18-14(9-12)24-13-6-8-23-10-13/h5,7,9,13H,3-4,6,8,10-11H2,1-2H3,(H,19,20)(H,21,22). The van der Waals surface area contributed by atoms with Gasteiger partial charge in [0.1, 0.15) is 6.10 Å². The van der Waals surface area contributed by atoms with Gasteiger partial charge in [0, 0.05) is 30.8 Å². The molecule has 0 radical (unpaired) electrons. The lowest BCUT2D eigenvalue weighted by Crippen LogP contribution is -2.42. The summed E-state index contributed by atoms with van der Waals surface area (Å²) in [5, 5.41) is 12.1. The van der Waals surface area contributed by atoms with Crippen molar-refractivity contribution in [3.8, 4) is 5.88 Å². The van der Waals surface area contributed by atoms with E-state index in [2.05, 4.69) is 10.3 Å². The molecule has 24 heavy (non-hydrogen) atoms. The average Bonchev–Trinajstić information content (AvgIpc) is 3.09. The molecule has 0 spiro atoms. The highest BCUT2D eigenvalue weighted by atomic mass is 16.5. The highest BCUT2D eigenvalue weighted by Gasteiger charge is 2.35. The largest absolute Gasteiger partial charge is 0.481 e. The molecule has 2 rings (SSSR count). The lowest BCUT2D eigenvalue weighted by Gasteiger charge is -2.26. The zero-order chi connectivity index (χ0) is 17.6. The fourth-order valence-corrected chi connectivity index (χ4v) is 2.62. The zero-order valence-corrected chi connectivity index (χ0v) is 14.1. The smallest absolute Gasteiger partial charge is 0.311 e. The molecule has 0 bridgehead atoms. The monoisotopic (exact) mass is 336 g/mol. The molecule has 0 aromatic carbocycles. The summed E-state index contributed by atoms with van der Waals surface area (Å²) in [6, 6.07) is 3.14. The fourth-order valence-electron chi connectivity index (χ4n) is 2.62. The number of carbonyl (C=O) groups excluding carboxylic acids is 1. The number of hydrogen-bond donors (Lipinski definition) is 2. The Labute approximate surface area is 141 Å². The summed E-state index contributed by atoms with van der Waals surface area (Å²) in [6.07, 6.45) is 3.16. The van der Waals surface area contributed by atoms with E-state index in [1.54, 1.807) is 12.1 Å². The van der Waals surface area contributed by atoms with Crippen molar-refractivity contribution in [1.82, 2.24) is 10.3 Å². The maximum Gasteiger partial charge on any atom is 0.311 e. The fraction of sp³-hybridized carbons (Fsp3) is 0.588. The van der Waals surface area contributed by atoms with Gasteiger partial charge in [0.2, 0.25) is 5.88 Å². The summed E-state index contributed by atoms with van der Waals surface area (Å²) in [4.78, 5) is 27.9. The van der Waals surface area contributed by atoms with E-state index in [0.29, 0.717) is 37.5 Å². The molecular weight excluding hydrogens is 312 g/mol. The van der Waals surface area contributed by atoms with Gasteiger partial charge in [-0.25, -0.2) is 4.98 Å². The third kappa shape index (κ3) is 4.23. The van der Waals surface area contributed by atoms with E-state index in [4.69, 9.17) is 9.47 Å². The first-order valence-corrected chi connectivity index (χ1v) is 8.23. The molecule has 7 heteroatoms. The topological polar surface area (TPSA) is 97.8 Å². The summed E-state index contributed by atoms with van der Waals surface area (Å²) in [5.41, 5.74) is -0.547. The van der Waals surface area contributed by atoms with Crippen LogP contribution in [0.15, 0.2) is 18.3 Å². The Hall–Kier alpha value is -2.15. The molecule has 1 amide bonds. The minimum atomic E-state index is -0.941. The first-order chi connectivity index (χ1) is 11.5. The number of ether oxygens (including phenoxy) is 2. The van der Waals surface area contributed by atoms with E-state index in [1.165, 1.54) is 6.20 Å². The molecule has 2 heterocycles. The predicted molar refractivity (Wildman–Crippen MR) is 87.1 cm³/mol. The Kier molecular flexibility index (Phi) is 6.14. The molecule has 1 aliphatic heterocycles. The second-order valence-electron chi connectivity index (χ2n) is 5.96. The van der Waals surface area contributed by atoms with Crippen LogP contribution in [-0.4, -0.2) is 47.8 Å². The molecule has 1 fully saturated rings. The Morgan fingerprint density at radius 3 is 2.79 bits per heavy atom. The van der Waals surface area contributed by atoms with Crippen LogP contribution in [0.4, 0.5) is 0 Å². The van der Waals surface area contributed by atoms with Crippen molar-refractivity contribution in [1.29, 1.82) is 0 Å². The number of pyridine rings is 1. The number of carboxylic acids is 1. The lowest BCUT2D eigenvalue weighted by atomic mass is 9.82. The van der Waals surface area contributed by atoms with E-state index in [-0.39, 0.29) is 18.6 Å². The number of amides is 1. The minimum absolute atomic E-state index is 0.0457. The van der Waals surface area contributed by atoms with Crippen LogP contribution < -0.4 is 10.1 Å². The second-order valence-corrected chi connectivity index (χ2v) is 5.96. The molecule has 1 saturated heterocycles. The summed E-state index contributed by atoms with van der Waals surface area (Å²) in [5.74, 6) is -0.862. The molecule has 1 atom stereocenters. The van der Waals surface area contributed by atoms with Crippen LogP contribution in [0.2, 0.25) is 0 Å². The number of carbonyl (C=O) groups is 2. The van der Waals surface area contributed by atoms with Crippen molar-refractivity contribution in [2.24, 2.45) is 5.41 Å². The van der Waals surface area contributed by atoms with E-state index in [0.717, 1.165) is 6.42 Å². The van der Waals surface area contributed by atoms with Crippen LogP contribution in [0, 0.1) is 5.41 Å². The van der Waals surface area contributed by atoms with Gasteiger partial charge in [-0.3, -0.25) is 9.59 Å². The lowest BCUT2D eigenvalue weighted by molar-refractivity contribution is -0.149. The number of carboxylic acid groups (broad SMARTS) is 1. The summed E-state index contributed by atoms with van der Waals surface area (Å²) in [7, 11) is 0. The van der Waals surface area contributed by atoms with Gasteiger partial charge < -0.3 is 19.9 Å². The van der Waals surface area contributed by atoms with Crippen molar-refractivity contribution in [2.75, 3.05) is 19.8 Å². The van der Waals surface area contributed by atoms with Gasteiger partial charge in [-0.1, -0.05) is 13.8 Å². The van der Waals surface area contributed by atoms with Crippen LogP contribution >= 0.6 is 0 Å². The van der Waals surface area contributed by atoms with Crippen LogP contribution in [0.1, 0.15) is 43.5 Å². The molecule has 2 N–H and O–H groups in total. The highest BCUT2D eigenvalue weighted by Crippen LogP contribution is 2.26. The maximum absolute atomic E-state index is 12.3. The quantitative estimate of drug-likeness (QED) is 0.752. The molecule has 0 aliphatic carbocycles. The Balaban J connectivity index is 2.00. The van der Waals surface area contributed by atoms with E-state index >= 15 is 0 Å². The van der Waals surface area contributed by atoms with E-state index < -0.39 is 11.4 Å². The SMILES string of the molecule is CCC(CC)(CNC(=O)c1ccnc(OC2CCOC2)c1)C(=O)O. The van der Waals surface area contributed by atoms with Crippen molar-refractivity contribution < 1.29 is 24.2 Å². The third-order valence-corrected chi connectivity index (χ3v) is 4.57. The van der Waals surface area contributed by atoms with Crippen molar-refractivity contribution >= 4 is 11.9 Å². The van der Waals surface area contributed by atoms with E-state index in [1.807, 2.05) is 13.8 Å². The number of nitrogens with one attached hydrogen (secondary N) is 1. The Morgan fingerprint density at radius 1 is 1.46 bits per heavy atom. The van der Waals surface area contributed by atoms with Crippen LogP contribution in [0.25, 0.3) is 0 Å². The minimum Gasteiger partial charge on any atom is -0.481 e. The van der Waals surface area contributed by atoms with E-state index in [9.17, 15) is 14.7 Å². The first-order valence-electron chi connectivity index (χ1n) is 8.23. The number of nitrogens with zero attached hydrogens (tertiary/aromatic N) is 1. The van der Waals surface area contributed by atoms with Gasteiger partial charge >= 0.3 is 5.97 Å². The first kappa shape index (κ1) is 18.2. The van der Waals surface area contributed by atoms with Crippen molar-refractivity contribution in [2.45, 2.75) is 39.2 Å². The van der Waals surface area contributed by atoms with Gasteiger partial charge in [0.05, 0.1) is 18.6 Å². The van der Waals surface area contributed by atoms with Crippen molar-refractivity contribution in [3.63, 3.8) is 0 Å². The summed E-state index contributed by atoms with van der Waals surface area (Å²) in [6.45, 7) is 4.89. The summed E-state index contributed by atoms with van der Waals surface area (Å²) >= 11 is 0. The zero-order valence-electron chi connectivity index (χ0n) is 14.1. The number of aliphatic carboxylic acids is 1. The molecule has 7 nitrogen and oxygen atoms in total. The predicted octanol–water partition coefficient (Wildman–Crippen LogP) is 1.87. The molecule has 132 valence electrons. The molecular formula is C17H24N2O5. The van der Waals surface area contributed by atoms with Gasteiger partial charge in [0.15, 0.2) is 0 Å². The molecule has 1 unspecified atom stereocenters. The van der Waals surface area contributed by atoms with Crippen molar-refractivity contribution in [3.05, 3.63) is 23.9 Å². The summed E-state index contributed by atoms with van der Waals surface area (Å²) < 4.78 is 10.9. The van der Waals surface area contributed by atoms with Gasteiger partial charge in [-0.05, 0) is 18.9 Å². The molecule has 0 saturated carbocycles. The van der Waals surface area contributed by atoms with Gasteiger partial charge in [0.25, 0.3) is 5.91 Å². The second kappa shape index (κ2) is 8.10.